The van der Waals surface area contributed by atoms with Gasteiger partial charge in [0.2, 0.25) is 0 Å². The summed E-state index contributed by atoms with van der Waals surface area (Å²) in [5.74, 6) is 5.25. The van der Waals surface area contributed by atoms with Crippen molar-refractivity contribution in [3.05, 3.63) is 70.8 Å². The fourth-order valence-electron chi connectivity index (χ4n) is 2.38. The first-order valence-corrected chi connectivity index (χ1v) is 6.89. The normalized spacial score (nSPS) is 12.7. The van der Waals surface area contributed by atoms with Crippen LogP contribution in [-0.4, -0.2) is 9.61 Å². The number of rotatable bonds is 4. The predicted octanol–water partition coefficient (Wildman–Crippen LogP) is 2.87. The summed E-state index contributed by atoms with van der Waals surface area (Å²) in [7, 11) is 0. The molecule has 3 aromatic rings. The molecule has 0 aliphatic heterocycles. The van der Waals surface area contributed by atoms with E-state index >= 15 is 0 Å². The van der Waals surface area contributed by atoms with Crippen molar-refractivity contribution in [2.24, 2.45) is 5.84 Å². The van der Waals surface area contributed by atoms with E-state index in [0.717, 1.165) is 16.6 Å². The zero-order valence-corrected chi connectivity index (χ0v) is 11.9. The highest BCUT2D eigenvalue weighted by Gasteiger charge is 2.16. The molecule has 2 heterocycles. The molecule has 21 heavy (non-hydrogen) atoms. The van der Waals surface area contributed by atoms with Crippen molar-refractivity contribution < 1.29 is 4.39 Å². The molecule has 0 saturated heterocycles. The minimum atomic E-state index is -0.423. The molecule has 3 rings (SSSR count). The molecule has 0 aliphatic carbocycles. The first-order valence-electron chi connectivity index (χ1n) is 6.51. The molecular formula is C15H14ClFN4. The number of aromatic nitrogens is 2. The van der Waals surface area contributed by atoms with Crippen LogP contribution in [0.4, 0.5) is 4.39 Å². The first-order chi connectivity index (χ1) is 10.2. The summed E-state index contributed by atoms with van der Waals surface area (Å²) >= 11 is 5.82. The molecule has 1 atom stereocenters. The Bertz CT molecular complexity index is 771. The van der Waals surface area contributed by atoms with E-state index in [9.17, 15) is 4.39 Å². The maximum atomic E-state index is 13.2. The van der Waals surface area contributed by atoms with Gasteiger partial charge < -0.3 is 0 Å². The number of fused-ring (bicyclic) bond motifs is 1. The monoisotopic (exact) mass is 304 g/mol. The molecule has 0 saturated carbocycles. The van der Waals surface area contributed by atoms with Gasteiger partial charge in [0.05, 0.1) is 22.8 Å². The van der Waals surface area contributed by atoms with Crippen LogP contribution < -0.4 is 11.3 Å². The van der Waals surface area contributed by atoms with Gasteiger partial charge >= 0.3 is 0 Å². The molecule has 2 aromatic heterocycles. The summed E-state index contributed by atoms with van der Waals surface area (Å²) in [6.07, 6.45) is 4.25. The quantitative estimate of drug-likeness (QED) is 0.575. The molecule has 4 nitrogen and oxygen atoms in total. The number of nitrogens with one attached hydrogen (secondary N) is 1. The van der Waals surface area contributed by atoms with Crippen molar-refractivity contribution in [3.8, 4) is 0 Å². The van der Waals surface area contributed by atoms with Crippen LogP contribution in [0.25, 0.3) is 5.52 Å². The maximum Gasteiger partial charge on any atom is 0.141 e. The molecule has 0 radical (unpaired) electrons. The molecule has 1 aromatic carbocycles. The van der Waals surface area contributed by atoms with Gasteiger partial charge in [-0.25, -0.2) is 8.91 Å². The van der Waals surface area contributed by atoms with Crippen LogP contribution >= 0.6 is 11.6 Å². The van der Waals surface area contributed by atoms with E-state index in [1.807, 2.05) is 24.4 Å². The molecule has 0 bridgehead atoms. The second-order valence-corrected chi connectivity index (χ2v) is 5.21. The highest BCUT2D eigenvalue weighted by atomic mass is 35.5. The van der Waals surface area contributed by atoms with Gasteiger partial charge in [0.15, 0.2) is 0 Å². The van der Waals surface area contributed by atoms with E-state index in [1.165, 1.54) is 6.07 Å². The molecule has 0 spiro atoms. The highest BCUT2D eigenvalue weighted by molar-refractivity contribution is 6.30. The second-order valence-electron chi connectivity index (χ2n) is 4.80. The SMILES string of the molecule is NNC(Cc1ccc(F)c(Cl)c1)c1cnn2ccccc12. The lowest BCUT2D eigenvalue weighted by Crippen LogP contribution is -2.29. The minimum Gasteiger partial charge on any atom is -0.271 e. The Kier molecular flexibility index (Phi) is 3.88. The summed E-state index contributed by atoms with van der Waals surface area (Å²) in [5.41, 5.74) is 5.66. The Morgan fingerprint density at radius 3 is 2.95 bits per heavy atom. The second kappa shape index (κ2) is 5.81. The van der Waals surface area contributed by atoms with E-state index in [2.05, 4.69) is 10.5 Å². The number of halogens is 2. The van der Waals surface area contributed by atoms with Crippen molar-refractivity contribution in [2.75, 3.05) is 0 Å². The van der Waals surface area contributed by atoms with Crippen molar-refractivity contribution in [1.82, 2.24) is 15.0 Å². The lowest BCUT2D eigenvalue weighted by Gasteiger charge is -2.15. The lowest BCUT2D eigenvalue weighted by atomic mass is 10.0. The summed E-state index contributed by atoms with van der Waals surface area (Å²) < 4.78 is 15.0. The Hall–Kier alpha value is -1.95. The topological polar surface area (TPSA) is 55.3 Å². The fourth-order valence-corrected chi connectivity index (χ4v) is 2.59. The van der Waals surface area contributed by atoms with Gasteiger partial charge in [-0.15, -0.1) is 0 Å². The zero-order valence-electron chi connectivity index (χ0n) is 11.1. The molecule has 6 heteroatoms. The van der Waals surface area contributed by atoms with Crippen LogP contribution in [0.1, 0.15) is 17.2 Å². The molecule has 0 amide bonds. The number of pyridine rings is 1. The van der Waals surface area contributed by atoms with Crippen molar-refractivity contribution in [2.45, 2.75) is 12.5 Å². The van der Waals surface area contributed by atoms with E-state index in [0.29, 0.717) is 6.42 Å². The predicted molar refractivity (Wildman–Crippen MR) is 80.4 cm³/mol. The molecular weight excluding hydrogens is 291 g/mol. The van der Waals surface area contributed by atoms with Gasteiger partial charge in [-0.2, -0.15) is 5.10 Å². The maximum absolute atomic E-state index is 13.2. The largest absolute Gasteiger partial charge is 0.271 e. The molecule has 0 aliphatic rings. The third-order valence-corrected chi connectivity index (χ3v) is 3.75. The van der Waals surface area contributed by atoms with Crippen molar-refractivity contribution >= 4 is 17.1 Å². The van der Waals surface area contributed by atoms with Gasteiger partial charge in [-0.1, -0.05) is 23.7 Å². The average Bonchev–Trinajstić information content (AvgIpc) is 2.92. The van der Waals surface area contributed by atoms with Gasteiger partial charge in [-0.05, 0) is 36.2 Å². The van der Waals surface area contributed by atoms with E-state index in [4.69, 9.17) is 17.4 Å². The summed E-state index contributed by atoms with van der Waals surface area (Å²) in [4.78, 5) is 0. The summed E-state index contributed by atoms with van der Waals surface area (Å²) in [6.45, 7) is 0. The Labute approximate surface area is 126 Å². The van der Waals surface area contributed by atoms with Crippen LogP contribution in [0.2, 0.25) is 5.02 Å². The molecule has 3 N–H and O–H groups in total. The van der Waals surface area contributed by atoms with E-state index in [1.54, 1.807) is 22.8 Å². The van der Waals surface area contributed by atoms with Gasteiger partial charge in [0, 0.05) is 11.8 Å². The van der Waals surface area contributed by atoms with Crippen LogP contribution in [0, 0.1) is 5.82 Å². The van der Waals surface area contributed by atoms with E-state index in [-0.39, 0.29) is 11.1 Å². The number of nitrogens with zero attached hydrogens (tertiary/aromatic N) is 2. The van der Waals surface area contributed by atoms with Crippen LogP contribution in [0.3, 0.4) is 0 Å². The molecule has 1 unspecified atom stereocenters. The first kappa shape index (κ1) is 14.0. The number of benzene rings is 1. The van der Waals surface area contributed by atoms with Gasteiger partial charge in [0.1, 0.15) is 5.82 Å². The third kappa shape index (κ3) is 2.76. The average molecular weight is 305 g/mol. The van der Waals surface area contributed by atoms with Crippen molar-refractivity contribution in [1.29, 1.82) is 0 Å². The summed E-state index contributed by atoms with van der Waals surface area (Å²) in [5, 5.41) is 4.41. The van der Waals surface area contributed by atoms with Crippen LogP contribution in [0.15, 0.2) is 48.8 Å². The Balaban J connectivity index is 1.93. The third-order valence-electron chi connectivity index (χ3n) is 3.46. The number of hydrogen-bond donors (Lipinski definition) is 2. The van der Waals surface area contributed by atoms with E-state index < -0.39 is 5.82 Å². The highest BCUT2D eigenvalue weighted by Crippen LogP contribution is 2.24. The number of nitrogens with two attached hydrogens (primary N) is 1. The standard InChI is InChI=1S/C15H14ClFN4/c16-12-7-10(4-5-13(12)17)8-14(20-18)11-9-19-21-6-2-1-3-15(11)21/h1-7,9,14,20H,8,18H2. The van der Waals surface area contributed by atoms with Crippen LogP contribution in [-0.2, 0) is 6.42 Å². The van der Waals surface area contributed by atoms with Crippen molar-refractivity contribution in [3.63, 3.8) is 0 Å². The van der Waals surface area contributed by atoms with Gasteiger partial charge in [0.25, 0.3) is 0 Å². The summed E-state index contributed by atoms with van der Waals surface area (Å²) in [6, 6.07) is 10.4. The smallest absolute Gasteiger partial charge is 0.141 e. The number of hydrazine groups is 1. The number of hydrogen-bond acceptors (Lipinski definition) is 3. The zero-order chi connectivity index (χ0) is 14.8. The Morgan fingerprint density at radius 1 is 1.33 bits per heavy atom. The molecule has 108 valence electrons. The minimum absolute atomic E-state index is 0.114. The fraction of sp³-hybridized carbons (Fsp3) is 0.133. The van der Waals surface area contributed by atoms with Gasteiger partial charge in [-0.3, -0.25) is 11.3 Å². The van der Waals surface area contributed by atoms with Crippen LogP contribution in [0.5, 0.6) is 0 Å². The Morgan fingerprint density at radius 2 is 2.19 bits per heavy atom. The molecule has 0 fully saturated rings. The lowest BCUT2D eigenvalue weighted by molar-refractivity contribution is 0.554.